The Morgan fingerprint density at radius 1 is 1.50 bits per heavy atom. The predicted octanol–water partition coefficient (Wildman–Crippen LogP) is -1.16. The van der Waals surface area contributed by atoms with Gasteiger partial charge in [-0.05, 0) is 12.5 Å². The molecule has 0 bridgehead atoms. The summed E-state index contributed by atoms with van der Waals surface area (Å²) in [6.45, 7) is 1.31. The van der Waals surface area contributed by atoms with E-state index in [1.54, 1.807) is 6.92 Å². The Labute approximate surface area is 103 Å². The van der Waals surface area contributed by atoms with Crippen molar-refractivity contribution in [2.45, 2.75) is 24.4 Å². The molecule has 1 fully saturated rings. The topological polar surface area (TPSA) is 112 Å². The molecule has 1 unspecified atom stereocenters. The second-order valence-corrected chi connectivity index (χ2v) is 5.67. The largest absolute Gasteiger partial charge is 0.294 e. The lowest BCUT2D eigenvalue weighted by Gasteiger charge is -2.31. The molecule has 0 aromatic carbocycles. The molecular formula is C9H12N4O4S. The molecule has 9 heteroatoms. The third kappa shape index (κ3) is 2.02. The maximum Gasteiger partial charge on any atom is 0.261 e. The lowest BCUT2D eigenvalue weighted by Crippen LogP contribution is -2.59. The molecule has 1 aromatic heterocycles. The molecule has 0 saturated carbocycles. The first-order valence-corrected chi connectivity index (χ1v) is 6.75. The van der Waals surface area contributed by atoms with Crippen molar-refractivity contribution < 1.29 is 18.0 Å². The summed E-state index contributed by atoms with van der Waals surface area (Å²) < 4.78 is 25.4. The molecule has 2 rings (SSSR count). The van der Waals surface area contributed by atoms with Gasteiger partial charge >= 0.3 is 0 Å². The molecule has 1 aliphatic heterocycles. The SMILES string of the molecule is CCC1C(=O)NC(=O)CN1S(=O)(=O)c1ccn[nH]1. The molecule has 98 valence electrons. The van der Waals surface area contributed by atoms with Crippen LogP contribution in [0.3, 0.4) is 0 Å². The van der Waals surface area contributed by atoms with Crippen LogP contribution in [0.15, 0.2) is 17.3 Å². The van der Waals surface area contributed by atoms with Crippen molar-refractivity contribution in [2.24, 2.45) is 0 Å². The van der Waals surface area contributed by atoms with Crippen LogP contribution in [0.4, 0.5) is 0 Å². The van der Waals surface area contributed by atoms with E-state index >= 15 is 0 Å². The second kappa shape index (κ2) is 4.50. The summed E-state index contributed by atoms with van der Waals surface area (Å²) in [7, 11) is -3.91. The van der Waals surface area contributed by atoms with Crippen LogP contribution in [-0.2, 0) is 19.6 Å². The van der Waals surface area contributed by atoms with Crippen molar-refractivity contribution in [3.8, 4) is 0 Å². The number of hydrogen-bond donors (Lipinski definition) is 2. The molecule has 2 N–H and O–H groups in total. The van der Waals surface area contributed by atoms with Gasteiger partial charge in [-0.25, -0.2) is 8.42 Å². The number of aromatic amines is 1. The van der Waals surface area contributed by atoms with Gasteiger partial charge in [0, 0.05) is 0 Å². The number of sulfonamides is 1. The Morgan fingerprint density at radius 2 is 2.22 bits per heavy atom. The highest BCUT2D eigenvalue weighted by Gasteiger charge is 2.41. The minimum absolute atomic E-state index is 0.136. The predicted molar refractivity (Wildman–Crippen MR) is 59.7 cm³/mol. The summed E-state index contributed by atoms with van der Waals surface area (Å²) >= 11 is 0. The van der Waals surface area contributed by atoms with Crippen LogP contribution >= 0.6 is 0 Å². The van der Waals surface area contributed by atoms with E-state index in [-0.39, 0.29) is 18.0 Å². The van der Waals surface area contributed by atoms with Crippen molar-refractivity contribution in [3.63, 3.8) is 0 Å². The minimum atomic E-state index is -3.91. The van der Waals surface area contributed by atoms with Gasteiger partial charge in [0.2, 0.25) is 11.8 Å². The van der Waals surface area contributed by atoms with Crippen LogP contribution in [0, 0.1) is 0 Å². The van der Waals surface area contributed by atoms with E-state index in [1.807, 2.05) is 0 Å². The molecule has 0 radical (unpaired) electrons. The van der Waals surface area contributed by atoms with Gasteiger partial charge in [-0.15, -0.1) is 0 Å². The van der Waals surface area contributed by atoms with Gasteiger partial charge in [0.15, 0.2) is 5.03 Å². The highest BCUT2D eigenvalue weighted by atomic mass is 32.2. The molecular weight excluding hydrogens is 260 g/mol. The number of aromatic nitrogens is 2. The third-order valence-corrected chi connectivity index (χ3v) is 4.45. The number of imide groups is 1. The highest BCUT2D eigenvalue weighted by Crippen LogP contribution is 2.19. The number of piperazine rings is 1. The molecule has 8 nitrogen and oxygen atoms in total. The number of H-pyrrole nitrogens is 1. The molecule has 1 atom stereocenters. The molecule has 2 heterocycles. The van der Waals surface area contributed by atoms with Gasteiger partial charge in [0.25, 0.3) is 10.0 Å². The Kier molecular flexibility index (Phi) is 3.18. The van der Waals surface area contributed by atoms with Crippen LogP contribution in [0.25, 0.3) is 0 Å². The fourth-order valence-electron chi connectivity index (χ4n) is 1.80. The van der Waals surface area contributed by atoms with Crippen molar-refractivity contribution in [1.29, 1.82) is 0 Å². The first-order chi connectivity index (χ1) is 8.46. The molecule has 2 amide bonds. The molecule has 1 saturated heterocycles. The monoisotopic (exact) mass is 272 g/mol. The lowest BCUT2D eigenvalue weighted by molar-refractivity contribution is -0.137. The average Bonchev–Trinajstić information content (AvgIpc) is 2.82. The zero-order valence-electron chi connectivity index (χ0n) is 9.58. The molecule has 18 heavy (non-hydrogen) atoms. The van der Waals surface area contributed by atoms with E-state index < -0.39 is 27.9 Å². The Balaban J connectivity index is 2.41. The summed E-state index contributed by atoms with van der Waals surface area (Å²) in [6.07, 6.45) is 1.58. The van der Waals surface area contributed by atoms with Crippen molar-refractivity contribution in [2.75, 3.05) is 6.54 Å². The van der Waals surface area contributed by atoms with E-state index in [0.29, 0.717) is 0 Å². The van der Waals surface area contributed by atoms with Gasteiger partial charge in [0.05, 0.1) is 12.7 Å². The van der Waals surface area contributed by atoms with E-state index in [4.69, 9.17) is 0 Å². The van der Waals surface area contributed by atoms with Crippen molar-refractivity contribution in [1.82, 2.24) is 19.8 Å². The Hall–Kier alpha value is -1.74. The Morgan fingerprint density at radius 3 is 2.78 bits per heavy atom. The van der Waals surface area contributed by atoms with Crippen LogP contribution in [0.1, 0.15) is 13.3 Å². The number of rotatable bonds is 3. The number of carbonyl (C=O) groups is 2. The molecule has 0 aliphatic carbocycles. The first kappa shape index (κ1) is 12.7. The summed E-state index contributed by atoms with van der Waals surface area (Å²) in [6, 6.07) is 0.398. The molecule has 1 aliphatic rings. The summed E-state index contributed by atoms with van der Waals surface area (Å²) in [5.74, 6) is -1.23. The lowest BCUT2D eigenvalue weighted by atomic mass is 10.2. The normalized spacial score (nSPS) is 21.9. The number of hydrogen-bond acceptors (Lipinski definition) is 5. The maximum atomic E-state index is 12.2. The number of carbonyl (C=O) groups excluding carboxylic acids is 2. The van der Waals surface area contributed by atoms with Gasteiger partial charge in [0.1, 0.15) is 6.04 Å². The smallest absolute Gasteiger partial charge is 0.261 e. The summed E-state index contributed by atoms with van der Waals surface area (Å²) in [4.78, 5) is 22.9. The van der Waals surface area contributed by atoms with Crippen LogP contribution in [0.2, 0.25) is 0 Å². The molecule has 0 spiro atoms. The average molecular weight is 272 g/mol. The Bertz CT molecular complexity index is 565. The minimum Gasteiger partial charge on any atom is -0.294 e. The number of amides is 2. The van der Waals surface area contributed by atoms with Crippen LogP contribution in [0.5, 0.6) is 0 Å². The van der Waals surface area contributed by atoms with Gasteiger partial charge < -0.3 is 0 Å². The number of nitrogens with zero attached hydrogens (tertiary/aromatic N) is 2. The highest BCUT2D eigenvalue weighted by molar-refractivity contribution is 7.89. The van der Waals surface area contributed by atoms with Gasteiger partial charge in [-0.3, -0.25) is 20.0 Å². The van der Waals surface area contributed by atoms with Crippen molar-refractivity contribution in [3.05, 3.63) is 12.3 Å². The summed E-state index contributed by atoms with van der Waals surface area (Å²) in [5.41, 5.74) is 0. The van der Waals surface area contributed by atoms with Crippen LogP contribution in [-0.4, -0.2) is 47.3 Å². The maximum absolute atomic E-state index is 12.2. The fourth-order valence-corrected chi connectivity index (χ4v) is 3.32. The molecule has 1 aromatic rings. The zero-order chi connectivity index (χ0) is 13.3. The quantitative estimate of drug-likeness (QED) is 0.674. The standard InChI is InChI=1S/C9H12N4O4S/c1-2-6-9(15)11-7(14)5-13(6)18(16,17)8-3-4-10-12-8/h3-4,6H,2,5H2,1H3,(H,10,12)(H,11,14,15). The van der Waals surface area contributed by atoms with E-state index in [0.717, 1.165) is 4.31 Å². The van der Waals surface area contributed by atoms with E-state index in [1.165, 1.54) is 12.3 Å². The van der Waals surface area contributed by atoms with Gasteiger partial charge in [-0.1, -0.05) is 6.92 Å². The van der Waals surface area contributed by atoms with Gasteiger partial charge in [-0.2, -0.15) is 9.40 Å². The zero-order valence-corrected chi connectivity index (χ0v) is 10.4. The third-order valence-electron chi connectivity index (χ3n) is 2.66. The van der Waals surface area contributed by atoms with E-state index in [2.05, 4.69) is 15.5 Å². The second-order valence-electron chi connectivity index (χ2n) is 3.81. The van der Waals surface area contributed by atoms with Crippen LogP contribution < -0.4 is 5.32 Å². The van der Waals surface area contributed by atoms with Crippen molar-refractivity contribution >= 4 is 21.8 Å². The van der Waals surface area contributed by atoms with E-state index in [9.17, 15) is 18.0 Å². The fraction of sp³-hybridized carbons (Fsp3) is 0.444. The summed E-state index contributed by atoms with van der Waals surface area (Å²) in [5, 5.41) is 7.86. The number of nitrogens with one attached hydrogen (secondary N) is 2. The first-order valence-electron chi connectivity index (χ1n) is 5.31.